The third-order valence-corrected chi connectivity index (χ3v) is 5.29. The first-order valence-electron chi connectivity index (χ1n) is 5.90. The lowest BCUT2D eigenvalue weighted by Gasteiger charge is -2.32. The van der Waals surface area contributed by atoms with Gasteiger partial charge in [0.25, 0.3) is 0 Å². The molecule has 18 heavy (non-hydrogen) atoms. The van der Waals surface area contributed by atoms with Crippen molar-refractivity contribution in [3.05, 3.63) is 29.8 Å². The molecule has 6 heteroatoms. The van der Waals surface area contributed by atoms with Crippen LogP contribution >= 0.6 is 0 Å². The second-order valence-corrected chi connectivity index (χ2v) is 6.34. The lowest BCUT2D eigenvalue weighted by molar-refractivity contribution is 0.267. The van der Waals surface area contributed by atoms with Gasteiger partial charge in [0.2, 0.25) is 10.0 Å². The maximum Gasteiger partial charge on any atom is 0.249 e. The van der Waals surface area contributed by atoms with Crippen LogP contribution in [-0.4, -0.2) is 25.3 Å². The van der Waals surface area contributed by atoms with Crippen LogP contribution in [0, 0.1) is 11.6 Å². The minimum Gasteiger partial charge on any atom is -0.207 e. The van der Waals surface area contributed by atoms with Gasteiger partial charge in [-0.15, -0.1) is 0 Å². The molecule has 0 saturated carbocycles. The molecule has 0 N–H and O–H groups in total. The summed E-state index contributed by atoms with van der Waals surface area (Å²) in [6.07, 6.45) is 2.38. The van der Waals surface area contributed by atoms with Gasteiger partial charge in [0.05, 0.1) is 0 Å². The van der Waals surface area contributed by atoms with Gasteiger partial charge in [0.15, 0.2) is 4.90 Å². The number of benzene rings is 1. The summed E-state index contributed by atoms with van der Waals surface area (Å²) in [7, 11) is -4.09. The molecule has 0 radical (unpaired) electrons. The van der Waals surface area contributed by atoms with Gasteiger partial charge >= 0.3 is 0 Å². The quantitative estimate of drug-likeness (QED) is 0.831. The average molecular weight is 275 g/mol. The van der Waals surface area contributed by atoms with Gasteiger partial charge in [-0.2, -0.15) is 4.31 Å². The van der Waals surface area contributed by atoms with Crippen LogP contribution in [0.1, 0.15) is 26.2 Å². The Bertz CT molecular complexity index is 525. The summed E-state index contributed by atoms with van der Waals surface area (Å²) in [6, 6.07) is 2.86. The van der Waals surface area contributed by atoms with Crippen LogP contribution in [0.4, 0.5) is 8.78 Å². The van der Waals surface area contributed by atoms with Crippen LogP contribution in [0.25, 0.3) is 0 Å². The van der Waals surface area contributed by atoms with Crippen molar-refractivity contribution in [2.45, 2.75) is 37.1 Å². The number of piperidine rings is 1. The van der Waals surface area contributed by atoms with E-state index in [1.54, 1.807) is 6.92 Å². The van der Waals surface area contributed by atoms with E-state index in [0.717, 1.165) is 37.5 Å². The van der Waals surface area contributed by atoms with E-state index >= 15 is 0 Å². The highest BCUT2D eigenvalue weighted by Crippen LogP contribution is 2.28. The Labute approximate surface area is 105 Å². The van der Waals surface area contributed by atoms with E-state index in [4.69, 9.17) is 0 Å². The lowest BCUT2D eigenvalue weighted by Crippen LogP contribution is -2.42. The minimum atomic E-state index is -4.09. The molecule has 0 unspecified atom stereocenters. The standard InChI is InChI=1S/C12H15F2NO2S/c1-9-5-2-3-8-15(9)18(16,17)12-10(13)6-4-7-11(12)14/h4,6-7,9H,2-3,5,8H2,1H3/t9-/m0/s1. The Kier molecular flexibility index (Phi) is 3.68. The highest BCUT2D eigenvalue weighted by atomic mass is 32.2. The van der Waals surface area contributed by atoms with E-state index in [9.17, 15) is 17.2 Å². The van der Waals surface area contributed by atoms with E-state index in [-0.39, 0.29) is 6.04 Å². The Hall–Kier alpha value is -1.01. The molecule has 1 saturated heterocycles. The Morgan fingerprint density at radius 1 is 1.22 bits per heavy atom. The zero-order valence-corrected chi connectivity index (χ0v) is 10.9. The molecule has 0 spiro atoms. The SMILES string of the molecule is C[C@H]1CCCCN1S(=O)(=O)c1c(F)cccc1F. The molecule has 1 aromatic rings. The first-order chi connectivity index (χ1) is 8.44. The van der Waals surface area contributed by atoms with Crippen LogP contribution in [0.5, 0.6) is 0 Å². The molecule has 1 atom stereocenters. The van der Waals surface area contributed by atoms with Gasteiger partial charge < -0.3 is 0 Å². The van der Waals surface area contributed by atoms with Crippen molar-refractivity contribution in [1.29, 1.82) is 0 Å². The van der Waals surface area contributed by atoms with Crippen LogP contribution in [0.3, 0.4) is 0 Å². The molecular weight excluding hydrogens is 260 g/mol. The predicted molar refractivity (Wildman–Crippen MR) is 63.6 cm³/mol. The molecule has 0 amide bonds. The molecule has 2 rings (SSSR count). The summed E-state index contributed by atoms with van der Waals surface area (Å²) in [5, 5.41) is 0. The van der Waals surface area contributed by atoms with Crippen molar-refractivity contribution in [3.8, 4) is 0 Å². The zero-order chi connectivity index (χ0) is 13.3. The molecule has 1 fully saturated rings. The third kappa shape index (κ3) is 2.27. The number of halogens is 2. The minimum absolute atomic E-state index is 0.220. The second kappa shape index (κ2) is 4.93. The molecule has 100 valence electrons. The molecule has 1 aromatic carbocycles. The Morgan fingerprint density at radius 2 is 1.83 bits per heavy atom. The Morgan fingerprint density at radius 3 is 2.39 bits per heavy atom. The molecule has 3 nitrogen and oxygen atoms in total. The molecule has 1 aliphatic rings. The number of sulfonamides is 1. The molecule has 0 bridgehead atoms. The van der Waals surface area contributed by atoms with E-state index in [2.05, 4.69) is 0 Å². The summed E-state index contributed by atoms with van der Waals surface area (Å²) < 4.78 is 52.9. The average Bonchev–Trinajstić information content (AvgIpc) is 2.28. The van der Waals surface area contributed by atoms with Gasteiger partial charge in [0, 0.05) is 12.6 Å². The van der Waals surface area contributed by atoms with E-state index in [0.29, 0.717) is 6.54 Å². The molecule has 1 aliphatic heterocycles. The van der Waals surface area contributed by atoms with E-state index in [1.165, 1.54) is 4.31 Å². The lowest BCUT2D eigenvalue weighted by atomic mass is 10.1. The summed E-state index contributed by atoms with van der Waals surface area (Å²) in [5.74, 6) is -2.07. The topological polar surface area (TPSA) is 37.4 Å². The van der Waals surface area contributed by atoms with Gasteiger partial charge in [-0.25, -0.2) is 17.2 Å². The number of hydrogen-bond donors (Lipinski definition) is 0. The van der Waals surface area contributed by atoms with Crippen LogP contribution in [-0.2, 0) is 10.0 Å². The maximum absolute atomic E-state index is 13.6. The van der Waals surface area contributed by atoms with Crippen molar-refractivity contribution >= 4 is 10.0 Å². The normalized spacial score (nSPS) is 22.1. The van der Waals surface area contributed by atoms with Crippen LogP contribution in [0.2, 0.25) is 0 Å². The molecular formula is C12H15F2NO2S. The number of hydrogen-bond acceptors (Lipinski definition) is 2. The predicted octanol–water partition coefficient (Wildman–Crippen LogP) is 2.53. The summed E-state index contributed by atoms with van der Waals surface area (Å²) >= 11 is 0. The second-order valence-electron chi connectivity index (χ2n) is 4.51. The van der Waals surface area contributed by atoms with Crippen molar-refractivity contribution in [2.24, 2.45) is 0 Å². The fourth-order valence-electron chi connectivity index (χ4n) is 2.28. The highest BCUT2D eigenvalue weighted by molar-refractivity contribution is 7.89. The fourth-order valence-corrected chi connectivity index (χ4v) is 4.09. The largest absolute Gasteiger partial charge is 0.249 e. The molecule has 1 heterocycles. The van der Waals surface area contributed by atoms with Crippen molar-refractivity contribution in [1.82, 2.24) is 4.31 Å². The fraction of sp³-hybridized carbons (Fsp3) is 0.500. The van der Waals surface area contributed by atoms with Crippen LogP contribution < -0.4 is 0 Å². The summed E-state index contributed by atoms with van der Waals surface area (Å²) in [5.41, 5.74) is 0. The monoisotopic (exact) mass is 275 g/mol. The van der Waals surface area contributed by atoms with Crippen molar-refractivity contribution in [3.63, 3.8) is 0 Å². The summed E-state index contributed by atoms with van der Waals surface area (Å²) in [4.78, 5) is -0.834. The van der Waals surface area contributed by atoms with E-state index in [1.807, 2.05) is 0 Å². The first-order valence-corrected chi connectivity index (χ1v) is 7.34. The van der Waals surface area contributed by atoms with Crippen LogP contribution in [0.15, 0.2) is 23.1 Å². The van der Waals surface area contributed by atoms with Gasteiger partial charge in [-0.05, 0) is 31.9 Å². The highest BCUT2D eigenvalue weighted by Gasteiger charge is 2.34. The zero-order valence-electron chi connectivity index (χ0n) is 10.1. The van der Waals surface area contributed by atoms with E-state index < -0.39 is 26.6 Å². The molecule has 0 aliphatic carbocycles. The maximum atomic E-state index is 13.6. The molecule has 0 aromatic heterocycles. The summed E-state index contributed by atoms with van der Waals surface area (Å²) in [6.45, 7) is 2.08. The van der Waals surface area contributed by atoms with Gasteiger partial charge in [0.1, 0.15) is 11.6 Å². The van der Waals surface area contributed by atoms with Crippen molar-refractivity contribution in [2.75, 3.05) is 6.54 Å². The Balaban J connectivity index is 2.48. The smallest absolute Gasteiger partial charge is 0.207 e. The first kappa shape index (κ1) is 13.4. The number of nitrogens with zero attached hydrogens (tertiary/aromatic N) is 1. The van der Waals surface area contributed by atoms with Crippen molar-refractivity contribution < 1.29 is 17.2 Å². The van der Waals surface area contributed by atoms with Gasteiger partial charge in [-0.1, -0.05) is 12.5 Å². The van der Waals surface area contributed by atoms with Gasteiger partial charge in [-0.3, -0.25) is 0 Å². The third-order valence-electron chi connectivity index (χ3n) is 3.23. The number of rotatable bonds is 2.